The fourth-order valence-electron chi connectivity index (χ4n) is 3.00. The number of anilines is 4. The first kappa shape index (κ1) is 27.7. The van der Waals surface area contributed by atoms with E-state index in [9.17, 15) is 45.5 Å². The fourth-order valence-corrected chi connectivity index (χ4v) is 3.00. The molecule has 0 saturated heterocycles. The van der Waals surface area contributed by atoms with Crippen LogP contribution in [0.1, 0.15) is 20.7 Å². The van der Waals surface area contributed by atoms with E-state index in [1.165, 1.54) is 60.7 Å². The summed E-state index contributed by atoms with van der Waals surface area (Å²) in [6.07, 6.45) is -10.3. The summed E-state index contributed by atoms with van der Waals surface area (Å²) in [4.78, 5) is 47.6. The van der Waals surface area contributed by atoms with Crippen LogP contribution in [0.25, 0.3) is 0 Å². The van der Waals surface area contributed by atoms with Crippen molar-refractivity contribution in [2.24, 2.45) is 0 Å². The average Bonchev–Trinajstić information content (AvgIpc) is 2.84. The van der Waals surface area contributed by atoms with E-state index < -0.39 is 36.0 Å². The summed E-state index contributed by atoms with van der Waals surface area (Å²) in [5, 5.41) is 8.11. The molecule has 0 fully saturated rings. The van der Waals surface area contributed by atoms with Gasteiger partial charge in [-0.1, -0.05) is 24.3 Å². The molecule has 4 amide bonds. The molecule has 0 atom stereocenters. The second-order valence-electron chi connectivity index (χ2n) is 7.48. The summed E-state index contributed by atoms with van der Waals surface area (Å²) in [5.41, 5.74) is -0.898. The van der Waals surface area contributed by atoms with E-state index in [0.29, 0.717) is 0 Å². The zero-order valence-corrected chi connectivity index (χ0v) is 18.8. The number of halogens is 6. The van der Waals surface area contributed by atoms with Crippen molar-refractivity contribution in [3.63, 3.8) is 0 Å². The van der Waals surface area contributed by atoms with Gasteiger partial charge in [-0.25, -0.2) is 0 Å². The summed E-state index contributed by atoms with van der Waals surface area (Å²) in [5.74, 6) is -6.18. The minimum Gasteiger partial charge on any atom is -0.322 e. The highest BCUT2D eigenvalue weighted by atomic mass is 19.4. The number of carbonyl (C=O) groups is 4. The molecule has 198 valence electrons. The van der Waals surface area contributed by atoms with Gasteiger partial charge in [0.25, 0.3) is 11.8 Å². The summed E-state index contributed by atoms with van der Waals surface area (Å²) in [7, 11) is 0. The smallest absolute Gasteiger partial charge is 0.322 e. The van der Waals surface area contributed by atoms with Gasteiger partial charge in [-0.2, -0.15) is 26.3 Å². The van der Waals surface area contributed by atoms with Crippen molar-refractivity contribution in [1.82, 2.24) is 0 Å². The lowest BCUT2D eigenvalue weighted by molar-refractivity contribution is -0.167. The Morgan fingerprint density at radius 2 is 0.789 bits per heavy atom. The van der Waals surface area contributed by atoms with Gasteiger partial charge in [0.05, 0.1) is 22.5 Å². The first-order valence-electron chi connectivity index (χ1n) is 10.4. The molecule has 0 unspecified atom stereocenters. The predicted molar refractivity (Wildman–Crippen MR) is 125 cm³/mol. The van der Waals surface area contributed by atoms with Crippen molar-refractivity contribution in [1.29, 1.82) is 0 Å². The Balaban J connectivity index is 1.69. The molecule has 3 aromatic rings. The largest absolute Gasteiger partial charge is 0.471 e. The average molecular weight is 538 g/mol. The van der Waals surface area contributed by atoms with Crippen LogP contribution in [-0.2, 0) is 9.59 Å². The number of nitrogens with one attached hydrogen (secondary N) is 4. The van der Waals surface area contributed by atoms with Gasteiger partial charge in [0.2, 0.25) is 0 Å². The van der Waals surface area contributed by atoms with Crippen molar-refractivity contribution in [3.05, 3.63) is 83.9 Å². The third-order valence-corrected chi connectivity index (χ3v) is 4.76. The van der Waals surface area contributed by atoms with E-state index in [2.05, 4.69) is 10.6 Å². The lowest BCUT2D eigenvalue weighted by Crippen LogP contribution is -2.31. The van der Waals surface area contributed by atoms with Crippen LogP contribution in [-0.4, -0.2) is 36.0 Å². The van der Waals surface area contributed by atoms with E-state index in [4.69, 9.17) is 0 Å². The molecule has 0 bridgehead atoms. The van der Waals surface area contributed by atoms with Gasteiger partial charge in [0, 0.05) is 11.4 Å². The van der Waals surface area contributed by atoms with Crippen LogP contribution in [0.2, 0.25) is 0 Å². The molecule has 3 aromatic carbocycles. The van der Waals surface area contributed by atoms with Crippen LogP contribution in [0.4, 0.5) is 49.1 Å². The second kappa shape index (κ2) is 11.0. The minimum absolute atomic E-state index is 0.169. The first-order valence-corrected chi connectivity index (χ1v) is 10.4. The Kier molecular flexibility index (Phi) is 8.04. The number of alkyl halides is 6. The van der Waals surface area contributed by atoms with Crippen molar-refractivity contribution in [2.45, 2.75) is 12.4 Å². The number of carbonyl (C=O) groups excluding carboxylic acids is 4. The predicted octanol–water partition coefficient (Wildman–Crippen LogP) is 5.19. The number of rotatable bonds is 6. The highest BCUT2D eigenvalue weighted by Crippen LogP contribution is 2.24. The van der Waals surface area contributed by atoms with Crippen LogP contribution in [0.15, 0.2) is 72.8 Å². The van der Waals surface area contributed by atoms with Gasteiger partial charge in [-0.3, -0.25) is 19.2 Å². The maximum Gasteiger partial charge on any atom is 0.471 e. The number of hydrogen-bond donors (Lipinski definition) is 4. The molecule has 0 aromatic heterocycles. The fraction of sp³-hybridized carbons (Fsp3) is 0.0833. The number of para-hydroxylation sites is 2. The molecule has 4 N–H and O–H groups in total. The number of amides is 4. The standard InChI is InChI=1S/C24H16F6N4O4/c25-23(26,27)21(37)33-17-7-3-1-5-15(17)19(35)31-13-9-11-14(12-10-13)32-20(36)16-6-2-4-8-18(16)34-22(38)24(28,29)30/h1-12H,(H,31,35)(H,32,36)(H,33,37)(H,34,38). The maximum absolute atomic E-state index is 12.6. The number of benzene rings is 3. The van der Waals surface area contributed by atoms with E-state index in [1.54, 1.807) is 10.6 Å². The van der Waals surface area contributed by atoms with Gasteiger partial charge in [-0.15, -0.1) is 0 Å². The van der Waals surface area contributed by atoms with E-state index >= 15 is 0 Å². The molecule has 14 heteroatoms. The van der Waals surface area contributed by atoms with Crippen LogP contribution in [0, 0.1) is 0 Å². The monoisotopic (exact) mass is 538 g/mol. The second-order valence-corrected chi connectivity index (χ2v) is 7.48. The normalized spacial score (nSPS) is 11.3. The summed E-state index contributed by atoms with van der Waals surface area (Å²) >= 11 is 0. The zero-order chi connectivity index (χ0) is 28.1. The van der Waals surface area contributed by atoms with Crippen LogP contribution in [0.3, 0.4) is 0 Å². The zero-order valence-electron chi connectivity index (χ0n) is 18.8. The Morgan fingerprint density at radius 1 is 0.474 bits per heavy atom. The Hall–Kier alpha value is -4.88. The highest BCUT2D eigenvalue weighted by molar-refractivity contribution is 6.12. The lowest BCUT2D eigenvalue weighted by atomic mass is 10.1. The molecule has 0 aliphatic carbocycles. The van der Waals surface area contributed by atoms with Crippen molar-refractivity contribution in [3.8, 4) is 0 Å². The van der Waals surface area contributed by atoms with Crippen LogP contribution in [0.5, 0.6) is 0 Å². The molecule has 0 aliphatic rings. The molecular weight excluding hydrogens is 522 g/mol. The van der Waals surface area contributed by atoms with Crippen molar-refractivity contribution in [2.75, 3.05) is 21.3 Å². The first-order chi connectivity index (χ1) is 17.8. The van der Waals surface area contributed by atoms with Gasteiger partial charge < -0.3 is 21.3 Å². The highest BCUT2D eigenvalue weighted by Gasteiger charge is 2.40. The summed E-state index contributed by atoms with van der Waals surface area (Å²) in [6, 6.07) is 15.4. The molecule has 0 aliphatic heterocycles. The topological polar surface area (TPSA) is 116 Å². The molecule has 38 heavy (non-hydrogen) atoms. The SMILES string of the molecule is O=C(Nc1ccc(NC(=O)c2ccccc2NC(=O)C(F)(F)F)cc1)c1ccccc1NC(=O)C(F)(F)F. The Morgan fingerprint density at radius 3 is 1.11 bits per heavy atom. The summed E-state index contributed by atoms with van der Waals surface area (Å²) in [6.45, 7) is 0. The van der Waals surface area contributed by atoms with Gasteiger partial charge in [0.1, 0.15) is 0 Å². The Bertz CT molecular complexity index is 1270. The number of hydrogen-bond acceptors (Lipinski definition) is 4. The van der Waals surface area contributed by atoms with Gasteiger partial charge >= 0.3 is 24.2 Å². The quantitative estimate of drug-likeness (QED) is 0.323. The molecule has 0 saturated carbocycles. The molecular formula is C24H16F6N4O4. The van der Waals surface area contributed by atoms with Crippen LogP contribution < -0.4 is 21.3 Å². The molecule has 0 radical (unpaired) electrons. The molecule has 0 heterocycles. The van der Waals surface area contributed by atoms with E-state index in [0.717, 1.165) is 12.1 Å². The molecule has 3 rings (SSSR count). The van der Waals surface area contributed by atoms with E-state index in [-0.39, 0.29) is 33.9 Å². The Labute approximate surface area is 210 Å². The van der Waals surface area contributed by atoms with Gasteiger partial charge in [-0.05, 0) is 48.5 Å². The van der Waals surface area contributed by atoms with Crippen molar-refractivity contribution >= 4 is 46.4 Å². The van der Waals surface area contributed by atoms with Gasteiger partial charge in [0.15, 0.2) is 0 Å². The third-order valence-electron chi connectivity index (χ3n) is 4.76. The minimum atomic E-state index is -5.16. The van der Waals surface area contributed by atoms with Crippen LogP contribution >= 0.6 is 0 Å². The molecule has 0 spiro atoms. The molecule has 8 nitrogen and oxygen atoms in total. The van der Waals surface area contributed by atoms with Crippen molar-refractivity contribution < 1.29 is 45.5 Å². The third kappa shape index (κ3) is 7.09. The maximum atomic E-state index is 12.6. The lowest BCUT2D eigenvalue weighted by Gasteiger charge is -2.14. The summed E-state index contributed by atoms with van der Waals surface area (Å²) < 4.78 is 75.4. The van der Waals surface area contributed by atoms with E-state index in [1.807, 2.05) is 0 Å².